The summed E-state index contributed by atoms with van der Waals surface area (Å²) in [5, 5.41) is 3.73. The first kappa shape index (κ1) is 18.0. The third-order valence-corrected chi connectivity index (χ3v) is 5.38. The molecule has 0 aromatic carbocycles. The Hall–Kier alpha value is -0.0800. The molecule has 2 heteroatoms. The monoisotopic (exact) mass is 282 g/mol. The zero-order valence-electron chi connectivity index (χ0n) is 14.8. The van der Waals surface area contributed by atoms with E-state index in [9.17, 15) is 0 Å². The lowest BCUT2D eigenvalue weighted by molar-refractivity contribution is 0.0671. The van der Waals surface area contributed by atoms with Gasteiger partial charge < -0.3 is 10.2 Å². The first-order valence-electron chi connectivity index (χ1n) is 8.90. The molecule has 0 heterocycles. The minimum atomic E-state index is 0.510. The van der Waals surface area contributed by atoms with Crippen molar-refractivity contribution in [1.82, 2.24) is 10.2 Å². The summed E-state index contributed by atoms with van der Waals surface area (Å²) in [4.78, 5) is 2.71. The second-order valence-corrected chi connectivity index (χ2v) is 7.54. The van der Waals surface area contributed by atoms with E-state index in [2.05, 4.69) is 51.8 Å². The Bertz CT molecular complexity index is 254. The van der Waals surface area contributed by atoms with Crippen LogP contribution in [0.25, 0.3) is 0 Å². The number of rotatable bonds is 8. The van der Waals surface area contributed by atoms with Gasteiger partial charge in [0.15, 0.2) is 0 Å². The summed E-state index contributed by atoms with van der Waals surface area (Å²) in [6.07, 6.45) is 6.90. The predicted octanol–water partition coefficient (Wildman–Crippen LogP) is 4.30. The Morgan fingerprint density at radius 2 is 1.75 bits per heavy atom. The average Bonchev–Trinajstić information content (AvgIpc) is 2.44. The lowest BCUT2D eigenvalue weighted by Gasteiger charge is -2.44. The van der Waals surface area contributed by atoms with Gasteiger partial charge in [0.2, 0.25) is 0 Å². The summed E-state index contributed by atoms with van der Waals surface area (Å²) in [5.74, 6) is 0.931. The summed E-state index contributed by atoms with van der Waals surface area (Å²) >= 11 is 0. The molecule has 0 aromatic heterocycles. The summed E-state index contributed by atoms with van der Waals surface area (Å²) in [5.41, 5.74) is 0.510. The molecule has 0 aliphatic heterocycles. The van der Waals surface area contributed by atoms with Crippen LogP contribution in [0.4, 0.5) is 0 Å². The van der Waals surface area contributed by atoms with Crippen molar-refractivity contribution < 1.29 is 0 Å². The largest absolute Gasteiger partial charge is 0.314 e. The molecule has 1 unspecified atom stereocenters. The number of nitrogens with one attached hydrogen (secondary N) is 1. The molecule has 1 aliphatic carbocycles. The topological polar surface area (TPSA) is 15.3 Å². The third-order valence-electron chi connectivity index (χ3n) is 5.38. The van der Waals surface area contributed by atoms with E-state index in [0.29, 0.717) is 11.5 Å². The highest BCUT2D eigenvalue weighted by atomic mass is 15.2. The fraction of sp³-hybridized carbons (Fsp3) is 1.00. The zero-order valence-corrected chi connectivity index (χ0v) is 14.8. The van der Waals surface area contributed by atoms with Gasteiger partial charge in [-0.1, -0.05) is 47.5 Å². The van der Waals surface area contributed by atoms with Crippen molar-refractivity contribution in [2.75, 3.05) is 19.6 Å². The van der Waals surface area contributed by atoms with Crippen LogP contribution in [0.1, 0.15) is 73.6 Å². The van der Waals surface area contributed by atoms with Gasteiger partial charge in [0, 0.05) is 25.2 Å². The van der Waals surface area contributed by atoms with Crippen molar-refractivity contribution in [3.05, 3.63) is 0 Å². The van der Waals surface area contributed by atoms with E-state index in [1.54, 1.807) is 0 Å². The Kier molecular flexibility index (Phi) is 7.53. The smallest absolute Gasteiger partial charge is 0.00644 e. The van der Waals surface area contributed by atoms with Crippen LogP contribution < -0.4 is 5.32 Å². The molecule has 1 fully saturated rings. The van der Waals surface area contributed by atoms with E-state index in [0.717, 1.165) is 12.0 Å². The van der Waals surface area contributed by atoms with Crippen molar-refractivity contribution in [2.24, 2.45) is 11.3 Å². The molecule has 0 spiro atoms. The molecule has 2 nitrogen and oxygen atoms in total. The highest BCUT2D eigenvalue weighted by Crippen LogP contribution is 2.39. The normalized spacial score (nSPS) is 29.1. The average molecular weight is 283 g/mol. The summed E-state index contributed by atoms with van der Waals surface area (Å²) < 4.78 is 0. The van der Waals surface area contributed by atoms with Gasteiger partial charge in [-0.05, 0) is 44.1 Å². The molecule has 1 rings (SSSR count). The minimum absolute atomic E-state index is 0.510. The Morgan fingerprint density at radius 3 is 2.20 bits per heavy atom. The molecule has 1 N–H and O–H groups in total. The number of hydrogen-bond donors (Lipinski definition) is 1. The summed E-state index contributed by atoms with van der Waals surface area (Å²) in [7, 11) is 0. The van der Waals surface area contributed by atoms with Crippen LogP contribution in [0.3, 0.4) is 0 Å². The predicted molar refractivity (Wildman–Crippen MR) is 90.2 cm³/mol. The number of nitrogens with zero attached hydrogens (tertiary/aromatic N) is 1. The molecular formula is C18H38N2. The van der Waals surface area contributed by atoms with Crippen molar-refractivity contribution in [1.29, 1.82) is 0 Å². The van der Waals surface area contributed by atoms with Gasteiger partial charge >= 0.3 is 0 Å². The zero-order chi connectivity index (χ0) is 15.2. The molecule has 20 heavy (non-hydrogen) atoms. The van der Waals surface area contributed by atoms with Gasteiger partial charge in [0.25, 0.3) is 0 Å². The minimum Gasteiger partial charge on any atom is -0.314 e. The van der Waals surface area contributed by atoms with Gasteiger partial charge in [0.05, 0.1) is 0 Å². The second-order valence-electron chi connectivity index (χ2n) is 7.54. The van der Waals surface area contributed by atoms with Gasteiger partial charge in [0.1, 0.15) is 0 Å². The SMILES string of the molecule is CCC(C)N(CC)CC1(CNC(C)C)CCC(C)CC1. The van der Waals surface area contributed by atoms with Crippen molar-refractivity contribution in [3.8, 4) is 0 Å². The van der Waals surface area contributed by atoms with E-state index in [4.69, 9.17) is 0 Å². The third kappa shape index (κ3) is 5.37. The maximum atomic E-state index is 3.73. The van der Waals surface area contributed by atoms with Crippen molar-refractivity contribution in [3.63, 3.8) is 0 Å². The van der Waals surface area contributed by atoms with Gasteiger partial charge in [-0.25, -0.2) is 0 Å². The van der Waals surface area contributed by atoms with E-state index in [1.165, 1.54) is 51.7 Å². The van der Waals surface area contributed by atoms with Crippen LogP contribution in [0, 0.1) is 11.3 Å². The van der Waals surface area contributed by atoms with Crippen LogP contribution in [-0.4, -0.2) is 36.6 Å². The Labute approximate surface area is 127 Å². The molecule has 0 amide bonds. The molecular weight excluding hydrogens is 244 g/mol. The Morgan fingerprint density at radius 1 is 1.15 bits per heavy atom. The molecule has 0 bridgehead atoms. The fourth-order valence-electron chi connectivity index (χ4n) is 3.45. The first-order valence-corrected chi connectivity index (χ1v) is 8.90. The van der Waals surface area contributed by atoms with Gasteiger partial charge in [-0.3, -0.25) is 0 Å². The Balaban J connectivity index is 2.70. The molecule has 0 radical (unpaired) electrons. The van der Waals surface area contributed by atoms with Crippen molar-refractivity contribution >= 4 is 0 Å². The van der Waals surface area contributed by atoms with E-state index in [-0.39, 0.29) is 0 Å². The molecule has 1 atom stereocenters. The molecule has 1 saturated carbocycles. The molecule has 1 aliphatic rings. The standard InChI is InChI=1S/C18H38N2/c1-7-17(6)20(8-2)14-18(13-19-15(3)4)11-9-16(5)10-12-18/h15-17,19H,7-14H2,1-6H3. The van der Waals surface area contributed by atoms with E-state index >= 15 is 0 Å². The lowest BCUT2D eigenvalue weighted by Crippen LogP contribution is -2.49. The fourth-order valence-corrected chi connectivity index (χ4v) is 3.45. The molecule has 0 saturated heterocycles. The highest BCUT2D eigenvalue weighted by Gasteiger charge is 2.36. The van der Waals surface area contributed by atoms with E-state index in [1.807, 2.05) is 0 Å². The van der Waals surface area contributed by atoms with Gasteiger partial charge in [-0.2, -0.15) is 0 Å². The van der Waals surface area contributed by atoms with Crippen molar-refractivity contribution in [2.45, 2.75) is 85.7 Å². The summed E-state index contributed by atoms with van der Waals surface area (Å²) in [6, 6.07) is 1.32. The van der Waals surface area contributed by atoms with E-state index < -0.39 is 0 Å². The van der Waals surface area contributed by atoms with Gasteiger partial charge in [-0.15, -0.1) is 0 Å². The maximum Gasteiger partial charge on any atom is 0.00644 e. The first-order chi connectivity index (χ1) is 9.42. The quantitative estimate of drug-likeness (QED) is 0.714. The summed E-state index contributed by atoms with van der Waals surface area (Å²) in [6.45, 7) is 17.7. The molecule has 0 aromatic rings. The highest BCUT2D eigenvalue weighted by molar-refractivity contribution is 4.90. The van der Waals surface area contributed by atoms with Crippen LogP contribution in [0.2, 0.25) is 0 Å². The van der Waals surface area contributed by atoms with Crippen LogP contribution in [0.15, 0.2) is 0 Å². The number of hydrogen-bond acceptors (Lipinski definition) is 2. The van der Waals surface area contributed by atoms with Crippen LogP contribution in [0.5, 0.6) is 0 Å². The lowest BCUT2D eigenvalue weighted by atomic mass is 9.70. The van der Waals surface area contributed by atoms with Crippen LogP contribution >= 0.6 is 0 Å². The molecule has 120 valence electrons. The maximum absolute atomic E-state index is 3.73. The van der Waals surface area contributed by atoms with Crippen LogP contribution in [-0.2, 0) is 0 Å². The second kappa shape index (κ2) is 8.38.